The van der Waals surface area contributed by atoms with Crippen molar-refractivity contribution in [1.29, 1.82) is 0 Å². The summed E-state index contributed by atoms with van der Waals surface area (Å²) in [7, 11) is 0. The minimum Gasteiger partial charge on any atom is -0.301 e. The molecule has 0 aromatic carbocycles. The largest absolute Gasteiger partial charge is 0.301 e. The molecule has 0 saturated carbocycles. The summed E-state index contributed by atoms with van der Waals surface area (Å²) in [5, 5.41) is 1.16. The summed E-state index contributed by atoms with van der Waals surface area (Å²) in [6.07, 6.45) is 5.33. The molecule has 0 amide bonds. The van der Waals surface area contributed by atoms with Gasteiger partial charge in [0.05, 0.1) is 0 Å². The molecule has 0 bridgehead atoms. The Morgan fingerprint density at radius 3 is 1.85 bits per heavy atom. The van der Waals surface area contributed by atoms with Crippen LogP contribution in [0.4, 0.5) is 0 Å². The normalized spacial score (nSPS) is 18.9. The SMILES string of the molecule is CCCC(CBr)(CCC)CN1CCN(CC(C)C)CC1. The molecule has 1 rings (SSSR count). The van der Waals surface area contributed by atoms with Gasteiger partial charge in [0.2, 0.25) is 0 Å². The fourth-order valence-electron chi connectivity index (χ4n) is 3.64. The first kappa shape index (κ1) is 18.4. The van der Waals surface area contributed by atoms with E-state index >= 15 is 0 Å². The minimum absolute atomic E-state index is 0.504. The molecule has 0 N–H and O–H groups in total. The van der Waals surface area contributed by atoms with Crippen molar-refractivity contribution < 1.29 is 0 Å². The summed E-state index contributed by atoms with van der Waals surface area (Å²) in [5.41, 5.74) is 0.504. The van der Waals surface area contributed by atoms with Gasteiger partial charge in [-0.05, 0) is 24.2 Å². The van der Waals surface area contributed by atoms with Crippen LogP contribution in [0.2, 0.25) is 0 Å². The Kier molecular flexibility index (Phi) is 8.69. The van der Waals surface area contributed by atoms with Gasteiger partial charge in [0.1, 0.15) is 0 Å². The number of piperazine rings is 1. The quantitative estimate of drug-likeness (QED) is 0.576. The summed E-state index contributed by atoms with van der Waals surface area (Å²) in [4.78, 5) is 5.35. The molecule has 20 heavy (non-hydrogen) atoms. The summed E-state index contributed by atoms with van der Waals surface area (Å²) in [6, 6.07) is 0. The molecule has 1 fully saturated rings. The number of hydrogen-bond donors (Lipinski definition) is 0. The van der Waals surface area contributed by atoms with Crippen LogP contribution in [0.25, 0.3) is 0 Å². The lowest BCUT2D eigenvalue weighted by Gasteiger charge is -2.41. The number of nitrogens with zero attached hydrogens (tertiary/aromatic N) is 2. The van der Waals surface area contributed by atoms with Gasteiger partial charge in [-0.25, -0.2) is 0 Å². The van der Waals surface area contributed by atoms with Crippen molar-refractivity contribution >= 4 is 15.9 Å². The first-order valence-corrected chi connectivity index (χ1v) is 9.68. The van der Waals surface area contributed by atoms with E-state index in [0.717, 1.165) is 11.2 Å². The van der Waals surface area contributed by atoms with Crippen LogP contribution in [0, 0.1) is 11.3 Å². The number of hydrogen-bond acceptors (Lipinski definition) is 2. The average Bonchev–Trinajstić information content (AvgIpc) is 2.41. The Hall–Kier alpha value is 0.400. The van der Waals surface area contributed by atoms with Crippen LogP contribution in [-0.4, -0.2) is 54.4 Å². The average molecular weight is 347 g/mol. The van der Waals surface area contributed by atoms with E-state index in [9.17, 15) is 0 Å². The monoisotopic (exact) mass is 346 g/mol. The molecular weight excluding hydrogens is 312 g/mol. The van der Waals surface area contributed by atoms with E-state index < -0.39 is 0 Å². The highest BCUT2D eigenvalue weighted by atomic mass is 79.9. The maximum Gasteiger partial charge on any atom is 0.0110 e. The van der Waals surface area contributed by atoms with Crippen molar-refractivity contribution in [3.8, 4) is 0 Å². The van der Waals surface area contributed by atoms with Crippen LogP contribution < -0.4 is 0 Å². The second-order valence-corrected chi connectivity index (χ2v) is 7.66. The fourth-order valence-corrected chi connectivity index (χ4v) is 4.38. The van der Waals surface area contributed by atoms with Gasteiger partial charge in [0.25, 0.3) is 0 Å². The van der Waals surface area contributed by atoms with E-state index in [1.54, 1.807) is 0 Å². The maximum absolute atomic E-state index is 3.81. The van der Waals surface area contributed by atoms with E-state index in [4.69, 9.17) is 0 Å². The minimum atomic E-state index is 0.504. The molecule has 1 saturated heterocycles. The van der Waals surface area contributed by atoms with Crippen molar-refractivity contribution in [2.24, 2.45) is 11.3 Å². The molecule has 0 aliphatic carbocycles. The predicted octanol–water partition coefficient (Wildman–Crippen LogP) is 4.24. The van der Waals surface area contributed by atoms with E-state index in [1.165, 1.54) is 65.0 Å². The van der Waals surface area contributed by atoms with Crippen LogP contribution in [0.5, 0.6) is 0 Å². The van der Waals surface area contributed by atoms with Gasteiger partial charge >= 0.3 is 0 Å². The third-order valence-electron chi connectivity index (χ3n) is 4.49. The van der Waals surface area contributed by atoms with E-state index in [0.29, 0.717) is 5.41 Å². The summed E-state index contributed by atoms with van der Waals surface area (Å²) in [6.45, 7) is 16.9. The Morgan fingerprint density at radius 1 is 0.950 bits per heavy atom. The van der Waals surface area contributed by atoms with Gasteiger partial charge in [0.15, 0.2) is 0 Å². The Balaban J connectivity index is 2.46. The Morgan fingerprint density at radius 2 is 1.45 bits per heavy atom. The first-order chi connectivity index (χ1) is 9.55. The zero-order chi connectivity index (χ0) is 15.0. The second kappa shape index (κ2) is 9.42. The first-order valence-electron chi connectivity index (χ1n) is 8.56. The maximum atomic E-state index is 3.81. The number of halogens is 1. The van der Waals surface area contributed by atoms with Crippen molar-refractivity contribution in [2.45, 2.75) is 53.4 Å². The highest BCUT2D eigenvalue weighted by molar-refractivity contribution is 9.09. The van der Waals surface area contributed by atoms with Crippen LogP contribution >= 0.6 is 15.9 Å². The lowest BCUT2D eigenvalue weighted by molar-refractivity contribution is 0.0792. The molecule has 0 aromatic heterocycles. The van der Waals surface area contributed by atoms with Crippen molar-refractivity contribution in [3.63, 3.8) is 0 Å². The number of alkyl halides is 1. The second-order valence-electron chi connectivity index (χ2n) is 7.10. The van der Waals surface area contributed by atoms with Crippen molar-refractivity contribution in [3.05, 3.63) is 0 Å². The van der Waals surface area contributed by atoms with Gasteiger partial charge < -0.3 is 9.80 Å². The molecule has 1 aliphatic heterocycles. The molecule has 0 unspecified atom stereocenters. The molecule has 120 valence electrons. The standard InChI is InChI=1S/C17H35BrN2/c1-5-7-17(14-18,8-6-2)15-20-11-9-19(10-12-20)13-16(3)4/h16H,5-15H2,1-4H3. The topological polar surface area (TPSA) is 6.48 Å². The molecule has 1 heterocycles. The molecule has 2 nitrogen and oxygen atoms in total. The van der Waals surface area contributed by atoms with Gasteiger partial charge in [0, 0.05) is 44.6 Å². The zero-order valence-corrected chi connectivity index (χ0v) is 15.7. The van der Waals surface area contributed by atoms with Gasteiger partial charge in [-0.3, -0.25) is 0 Å². The van der Waals surface area contributed by atoms with Crippen LogP contribution in [0.15, 0.2) is 0 Å². The smallest absolute Gasteiger partial charge is 0.0110 e. The lowest BCUT2D eigenvalue weighted by Crippen LogP contribution is -2.50. The molecule has 1 aliphatic rings. The highest BCUT2D eigenvalue weighted by Crippen LogP contribution is 2.33. The third kappa shape index (κ3) is 6.03. The van der Waals surface area contributed by atoms with Crippen molar-refractivity contribution in [2.75, 3.05) is 44.6 Å². The van der Waals surface area contributed by atoms with Gasteiger partial charge in [-0.15, -0.1) is 0 Å². The number of rotatable bonds is 9. The van der Waals surface area contributed by atoms with Gasteiger partial charge in [-0.2, -0.15) is 0 Å². The summed E-state index contributed by atoms with van der Waals surface area (Å²) in [5.74, 6) is 0.795. The molecule has 0 aromatic rings. The third-order valence-corrected chi connectivity index (χ3v) is 5.68. The molecule has 0 spiro atoms. The zero-order valence-electron chi connectivity index (χ0n) is 14.1. The Labute approximate surface area is 135 Å². The van der Waals surface area contributed by atoms with Crippen LogP contribution in [-0.2, 0) is 0 Å². The Bertz CT molecular complexity index is 241. The predicted molar refractivity (Wildman–Crippen MR) is 93.8 cm³/mol. The molecular formula is C17H35BrN2. The fraction of sp³-hybridized carbons (Fsp3) is 1.00. The van der Waals surface area contributed by atoms with E-state index in [-0.39, 0.29) is 0 Å². The summed E-state index contributed by atoms with van der Waals surface area (Å²) < 4.78 is 0. The molecule has 0 radical (unpaired) electrons. The van der Waals surface area contributed by atoms with Crippen LogP contribution in [0.3, 0.4) is 0 Å². The lowest BCUT2D eigenvalue weighted by atomic mass is 9.80. The summed E-state index contributed by atoms with van der Waals surface area (Å²) >= 11 is 3.81. The van der Waals surface area contributed by atoms with E-state index in [2.05, 4.69) is 53.4 Å². The van der Waals surface area contributed by atoms with Crippen LogP contribution in [0.1, 0.15) is 53.4 Å². The molecule has 0 atom stereocenters. The van der Waals surface area contributed by atoms with Gasteiger partial charge in [-0.1, -0.05) is 56.5 Å². The highest BCUT2D eigenvalue weighted by Gasteiger charge is 2.31. The van der Waals surface area contributed by atoms with Crippen molar-refractivity contribution in [1.82, 2.24) is 9.80 Å². The molecule has 3 heteroatoms. The van der Waals surface area contributed by atoms with E-state index in [1.807, 2.05) is 0 Å².